The van der Waals surface area contributed by atoms with Gasteiger partial charge in [0, 0.05) is 30.0 Å². The lowest BCUT2D eigenvalue weighted by Gasteiger charge is -2.11. The summed E-state index contributed by atoms with van der Waals surface area (Å²) in [5.74, 6) is 1.79. The molecular weight excluding hydrogens is 397 g/mol. The molecule has 8 nitrogen and oxygen atoms in total. The van der Waals surface area contributed by atoms with Crippen molar-refractivity contribution in [2.24, 2.45) is 0 Å². The van der Waals surface area contributed by atoms with Crippen molar-refractivity contribution in [2.75, 3.05) is 19.0 Å². The number of hydrogen-bond donors (Lipinski definition) is 1. The lowest BCUT2D eigenvalue weighted by Crippen LogP contribution is -2.10. The van der Waals surface area contributed by atoms with E-state index in [0.29, 0.717) is 24.8 Å². The Morgan fingerprint density at radius 3 is 2.48 bits per heavy atom. The zero-order chi connectivity index (χ0) is 22.0. The van der Waals surface area contributed by atoms with Crippen LogP contribution in [0, 0.1) is 26.6 Å². The minimum absolute atomic E-state index is 0.281. The number of ether oxygens (including phenoxy) is 1. The number of benzene rings is 1. The predicted molar refractivity (Wildman–Crippen MR) is 116 cm³/mol. The van der Waals surface area contributed by atoms with Gasteiger partial charge >= 0.3 is 0 Å². The molecule has 0 aliphatic heterocycles. The molecule has 0 bridgehead atoms. The second-order valence-electron chi connectivity index (χ2n) is 7.27. The van der Waals surface area contributed by atoms with Gasteiger partial charge in [0.15, 0.2) is 5.82 Å². The Morgan fingerprint density at radius 2 is 1.81 bits per heavy atom. The van der Waals surface area contributed by atoms with Gasteiger partial charge in [-0.2, -0.15) is 10.2 Å². The summed E-state index contributed by atoms with van der Waals surface area (Å²) in [5, 5.41) is 12.6. The molecule has 3 heterocycles. The molecule has 1 N–H and O–H groups in total. The van der Waals surface area contributed by atoms with Crippen molar-refractivity contribution in [3.8, 4) is 17.1 Å². The third-order valence-corrected chi connectivity index (χ3v) is 4.94. The molecule has 0 radical (unpaired) electrons. The Bertz CT molecular complexity index is 1200. The van der Waals surface area contributed by atoms with Gasteiger partial charge < -0.3 is 10.1 Å². The van der Waals surface area contributed by atoms with E-state index in [4.69, 9.17) is 9.84 Å². The second kappa shape index (κ2) is 8.65. The first-order valence-corrected chi connectivity index (χ1v) is 9.91. The Labute approximate surface area is 179 Å². The molecule has 0 saturated heterocycles. The van der Waals surface area contributed by atoms with E-state index in [1.54, 1.807) is 23.9 Å². The van der Waals surface area contributed by atoms with Crippen molar-refractivity contribution >= 4 is 11.6 Å². The van der Waals surface area contributed by atoms with Gasteiger partial charge in [-0.3, -0.25) is 0 Å². The number of hydrogen-bond acceptors (Lipinski definition) is 6. The lowest BCUT2D eigenvalue weighted by molar-refractivity contribution is 0.184. The van der Waals surface area contributed by atoms with Crippen molar-refractivity contribution in [3.63, 3.8) is 0 Å². The van der Waals surface area contributed by atoms with Crippen molar-refractivity contribution in [2.45, 2.75) is 27.3 Å². The Morgan fingerprint density at radius 1 is 1.03 bits per heavy atom. The molecule has 0 atom stereocenters. The normalized spacial score (nSPS) is 11.1. The molecule has 0 unspecified atom stereocenters. The molecule has 4 rings (SSSR count). The Hall–Kier alpha value is -3.59. The van der Waals surface area contributed by atoms with Crippen molar-refractivity contribution in [3.05, 3.63) is 65.5 Å². The second-order valence-corrected chi connectivity index (χ2v) is 7.27. The summed E-state index contributed by atoms with van der Waals surface area (Å²) in [6.07, 6.45) is 1.50. The standard InChI is InChI=1S/C22H24FN7O/c1-14-11-15(2)30(27-14)20-12-19(24-13-25-20)26-22-16(3)21(28-29(22)9-10-31-4)17-5-7-18(23)8-6-17/h5-8,11-13H,9-10H2,1-4H3,(H,24,25,26). The Kier molecular flexibility index (Phi) is 5.77. The predicted octanol–water partition coefficient (Wildman–Crippen LogP) is 3.98. The third kappa shape index (κ3) is 4.31. The Balaban J connectivity index is 1.71. The average molecular weight is 421 g/mol. The van der Waals surface area contributed by atoms with E-state index in [9.17, 15) is 4.39 Å². The van der Waals surface area contributed by atoms with Gasteiger partial charge in [-0.05, 0) is 51.1 Å². The molecule has 0 aliphatic rings. The van der Waals surface area contributed by atoms with E-state index >= 15 is 0 Å². The SMILES string of the molecule is COCCn1nc(-c2ccc(F)cc2)c(C)c1Nc1cc(-n2nc(C)cc2C)ncn1. The number of nitrogens with one attached hydrogen (secondary N) is 1. The highest BCUT2D eigenvalue weighted by Crippen LogP contribution is 2.30. The summed E-state index contributed by atoms with van der Waals surface area (Å²) < 4.78 is 22.2. The van der Waals surface area contributed by atoms with Crippen LogP contribution in [-0.4, -0.2) is 43.2 Å². The first-order chi connectivity index (χ1) is 15.0. The minimum atomic E-state index is -0.281. The van der Waals surface area contributed by atoms with Gasteiger partial charge in [0.05, 0.1) is 24.5 Å². The largest absolute Gasteiger partial charge is 0.383 e. The van der Waals surface area contributed by atoms with E-state index in [0.717, 1.165) is 34.0 Å². The molecule has 1 aromatic carbocycles. The highest BCUT2D eigenvalue weighted by atomic mass is 19.1. The monoisotopic (exact) mass is 421 g/mol. The molecule has 4 aromatic rings. The molecule has 31 heavy (non-hydrogen) atoms. The molecule has 3 aromatic heterocycles. The van der Waals surface area contributed by atoms with Crippen LogP contribution >= 0.6 is 0 Å². The van der Waals surface area contributed by atoms with Gasteiger partial charge in [-0.25, -0.2) is 23.7 Å². The van der Waals surface area contributed by atoms with E-state index < -0.39 is 0 Å². The quantitative estimate of drug-likeness (QED) is 0.486. The van der Waals surface area contributed by atoms with Crippen LogP contribution in [0.1, 0.15) is 17.0 Å². The minimum Gasteiger partial charge on any atom is -0.383 e. The zero-order valence-corrected chi connectivity index (χ0v) is 17.9. The molecule has 0 spiro atoms. The summed E-state index contributed by atoms with van der Waals surface area (Å²) in [6.45, 7) is 6.95. The molecule has 0 fully saturated rings. The smallest absolute Gasteiger partial charge is 0.159 e. The molecular formula is C22H24FN7O. The lowest BCUT2D eigenvalue weighted by atomic mass is 10.1. The van der Waals surface area contributed by atoms with Gasteiger partial charge in [-0.1, -0.05) is 0 Å². The molecule has 160 valence electrons. The number of nitrogens with zero attached hydrogens (tertiary/aromatic N) is 6. The maximum Gasteiger partial charge on any atom is 0.159 e. The molecule has 0 amide bonds. The van der Waals surface area contributed by atoms with Crippen molar-refractivity contribution in [1.29, 1.82) is 0 Å². The van der Waals surface area contributed by atoms with E-state index in [1.807, 2.05) is 37.6 Å². The zero-order valence-electron chi connectivity index (χ0n) is 17.9. The number of methoxy groups -OCH3 is 1. The number of rotatable bonds is 7. The maximum absolute atomic E-state index is 13.4. The summed E-state index contributed by atoms with van der Waals surface area (Å²) in [4.78, 5) is 8.72. The van der Waals surface area contributed by atoms with Crippen LogP contribution in [0.3, 0.4) is 0 Å². The maximum atomic E-state index is 13.4. The summed E-state index contributed by atoms with van der Waals surface area (Å²) in [6, 6.07) is 10.1. The van der Waals surface area contributed by atoms with Crippen LogP contribution in [-0.2, 0) is 11.3 Å². The van der Waals surface area contributed by atoms with E-state index in [2.05, 4.69) is 20.4 Å². The molecule has 9 heteroatoms. The average Bonchev–Trinajstić information content (AvgIpc) is 3.26. The van der Waals surface area contributed by atoms with Crippen LogP contribution in [0.5, 0.6) is 0 Å². The fourth-order valence-electron chi connectivity index (χ4n) is 3.44. The summed E-state index contributed by atoms with van der Waals surface area (Å²) in [7, 11) is 1.65. The highest BCUT2D eigenvalue weighted by Gasteiger charge is 2.17. The van der Waals surface area contributed by atoms with Crippen molar-refractivity contribution < 1.29 is 9.13 Å². The topological polar surface area (TPSA) is 82.7 Å². The van der Waals surface area contributed by atoms with Crippen molar-refractivity contribution in [1.82, 2.24) is 29.5 Å². The van der Waals surface area contributed by atoms with Gasteiger partial charge in [-0.15, -0.1) is 0 Å². The van der Waals surface area contributed by atoms with E-state index in [-0.39, 0.29) is 5.82 Å². The number of halogens is 1. The number of aromatic nitrogens is 6. The third-order valence-electron chi connectivity index (χ3n) is 4.94. The van der Waals surface area contributed by atoms with Gasteiger partial charge in [0.25, 0.3) is 0 Å². The van der Waals surface area contributed by atoms with Gasteiger partial charge in [0.2, 0.25) is 0 Å². The fourth-order valence-corrected chi connectivity index (χ4v) is 3.44. The fraction of sp³-hybridized carbons (Fsp3) is 0.273. The van der Waals surface area contributed by atoms with E-state index in [1.165, 1.54) is 18.5 Å². The highest BCUT2D eigenvalue weighted by molar-refractivity contribution is 5.71. The number of aryl methyl sites for hydroxylation is 2. The van der Waals surface area contributed by atoms with Crippen LogP contribution < -0.4 is 5.32 Å². The van der Waals surface area contributed by atoms with Crippen LogP contribution in [0.2, 0.25) is 0 Å². The summed E-state index contributed by atoms with van der Waals surface area (Å²) >= 11 is 0. The summed E-state index contributed by atoms with van der Waals surface area (Å²) in [5.41, 5.74) is 4.44. The van der Waals surface area contributed by atoms with Crippen LogP contribution in [0.4, 0.5) is 16.0 Å². The molecule has 0 aliphatic carbocycles. The molecule has 0 saturated carbocycles. The van der Waals surface area contributed by atoms with Gasteiger partial charge in [0.1, 0.15) is 23.8 Å². The number of anilines is 2. The van der Waals surface area contributed by atoms with Crippen LogP contribution in [0.15, 0.2) is 42.7 Å². The first-order valence-electron chi connectivity index (χ1n) is 9.91. The first kappa shape index (κ1) is 20.7. The van der Waals surface area contributed by atoms with Crippen LogP contribution in [0.25, 0.3) is 17.1 Å².